The SMILES string of the molecule is C/C=C\c1c(C)n(-c2ccccc2)c2ccc(C)cc12.CC. The van der Waals surface area contributed by atoms with Gasteiger partial charge in [-0.05, 0) is 45.0 Å². The first-order chi connectivity index (χ1) is 10.7. The van der Waals surface area contributed by atoms with Crippen LogP contribution < -0.4 is 0 Å². The number of nitrogens with zero attached hydrogens (tertiary/aromatic N) is 1. The van der Waals surface area contributed by atoms with Gasteiger partial charge in [0.2, 0.25) is 0 Å². The Balaban J connectivity index is 0.000000847. The molecule has 0 saturated carbocycles. The summed E-state index contributed by atoms with van der Waals surface area (Å²) in [5.41, 5.74) is 6.39. The second-order valence-electron chi connectivity index (χ2n) is 5.19. The molecule has 0 fully saturated rings. The monoisotopic (exact) mass is 291 g/mol. The molecule has 0 aliphatic rings. The molecule has 1 aromatic heterocycles. The molecule has 0 bridgehead atoms. The van der Waals surface area contributed by atoms with Crippen LogP contribution in [0.15, 0.2) is 54.6 Å². The maximum absolute atomic E-state index is 2.34. The Morgan fingerprint density at radius 1 is 0.909 bits per heavy atom. The molecule has 0 aliphatic heterocycles. The Morgan fingerprint density at radius 2 is 1.59 bits per heavy atom. The Labute approximate surface area is 133 Å². The van der Waals surface area contributed by atoms with Crippen molar-refractivity contribution < 1.29 is 0 Å². The molecule has 0 saturated heterocycles. The highest BCUT2D eigenvalue weighted by atomic mass is 15.0. The van der Waals surface area contributed by atoms with E-state index in [9.17, 15) is 0 Å². The first-order valence-electron chi connectivity index (χ1n) is 8.02. The zero-order chi connectivity index (χ0) is 16.1. The second kappa shape index (κ2) is 7.13. The van der Waals surface area contributed by atoms with Gasteiger partial charge in [0, 0.05) is 22.3 Å². The van der Waals surface area contributed by atoms with Crippen molar-refractivity contribution in [3.8, 4) is 5.69 Å². The highest BCUT2D eigenvalue weighted by Crippen LogP contribution is 2.30. The second-order valence-corrected chi connectivity index (χ2v) is 5.19. The van der Waals surface area contributed by atoms with E-state index in [0.717, 1.165) is 0 Å². The molecule has 0 N–H and O–H groups in total. The Hall–Kier alpha value is -2.28. The highest BCUT2D eigenvalue weighted by molar-refractivity contribution is 5.93. The minimum atomic E-state index is 1.22. The number of aryl methyl sites for hydroxylation is 1. The van der Waals surface area contributed by atoms with Crippen LogP contribution in [-0.4, -0.2) is 4.57 Å². The van der Waals surface area contributed by atoms with Crippen molar-refractivity contribution in [3.05, 3.63) is 71.4 Å². The molecular formula is C21H25N. The van der Waals surface area contributed by atoms with Crippen LogP contribution in [0.5, 0.6) is 0 Å². The van der Waals surface area contributed by atoms with E-state index in [1.54, 1.807) is 0 Å². The van der Waals surface area contributed by atoms with Gasteiger partial charge in [0.1, 0.15) is 0 Å². The lowest BCUT2D eigenvalue weighted by Crippen LogP contribution is -1.96. The zero-order valence-corrected chi connectivity index (χ0v) is 14.2. The van der Waals surface area contributed by atoms with Crippen LogP contribution in [0.3, 0.4) is 0 Å². The van der Waals surface area contributed by atoms with Gasteiger partial charge >= 0.3 is 0 Å². The molecule has 1 heterocycles. The van der Waals surface area contributed by atoms with Gasteiger partial charge in [-0.25, -0.2) is 0 Å². The van der Waals surface area contributed by atoms with Crippen LogP contribution in [0, 0.1) is 13.8 Å². The molecule has 0 aliphatic carbocycles. The van der Waals surface area contributed by atoms with Crippen LogP contribution in [0.1, 0.15) is 37.6 Å². The number of para-hydroxylation sites is 1. The third-order valence-corrected chi connectivity index (χ3v) is 3.76. The summed E-state index contributed by atoms with van der Waals surface area (Å²) in [6.45, 7) is 10.4. The molecule has 0 unspecified atom stereocenters. The van der Waals surface area contributed by atoms with E-state index >= 15 is 0 Å². The van der Waals surface area contributed by atoms with E-state index in [1.807, 2.05) is 13.8 Å². The molecular weight excluding hydrogens is 266 g/mol. The maximum atomic E-state index is 2.34. The number of aromatic nitrogens is 1. The number of allylic oxidation sites excluding steroid dienone is 1. The van der Waals surface area contributed by atoms with Crippen LogP contribution in [0.4, 0.5) is 0 Å². The van der Waals surface area contributed by atoms with E-state index in [-0.39, 0.29) is 0 Å². The molecule has 22 heavy (non-hydrogen) atoms. The average molecular weight is 291 g/mol. The third kappa shape index (κ3) is 2.85. The largest absolute Gasteiger partial charge is 0.313 e. The van der Waals surface area contributed by atoms with Crippen molar-refractivity contribution in [1.29, 1.82) is 0 Å². The summed E-state index contributed by atoms with van der Waals surface area (Å²) in [5, 5.41) is 1.32. The molecule has 3 rings (SSSR count). The van der Waals surface area contributed by atoms with Gasteiger partial charge in [-0.1, -0.05) is 55.8 Å². The molecule has 114 valence electrons. The fourth-order valence-electron chi connectivity index (χ4n) is 2.84. The van der Waals surface area contributed by atoms with Gasteiger partial charge in [0.25, 0.3) is 0 Å². The fraction of sp³-hybridized carbons (Fsp3) is 0.238. The quantitative estimate of drug-likeness (QED) is 0.521. The van der Waals surface area contributed by atoms with Crippen LogP contribution in [-0.2, 0) is 0 Å². The van der Waals surface area contributed by atoms with Crippen LogP contribution in [0.25, 0.3) is 22.7 Å². The number of fused-ring (bicyclic) bond motifs is 1. The number of rotatable bonds is 2. The zero-order valence-electron chi connectivity index (χ0n) is 14.2. The molecule has 0 atom stereocenters. The Morgan fingerprint density at radius 3 is 2.23 bits per heavy atom. The summed E-state index contributed by atoms with van der Waals surface area (Å²) in [4.78, 5) is 0. The number of benzene rings is 2. The third-order valence-electron chi connectivity index (χ3n) is 3.76. The van der Waals surface area contributed by atoms with Gasteiger partial charge in [0.05, 0.1) is 5.52 Å². The molecule has 0 amide bonds. The van der Waals surface area contributed by atoms with Crippen molar-refractivity contribution in [2.24, 2.45) is 0 Å². The lowest BCUT2D eigenvalue weighted by atomic mass is 10.1. The predicted octanol–water partition coefficient (Wildman–Crippen LogP) is 6.31. The van der Waals surface area contributed by atoms with Crippen molar-refractivity contribution in [1.82, 2.24) is 4.57 Å². The van der Waals surface area contributed by atoms with Crippen LogP contribution >= 0.6 is 0 Å². The Bertz CT molecular complexity index is 777. The summed E-state index contributed by atoms with van der Waals surface area (Å²) in [7, 11) is 0. The predicted molar refractivity (Wildman–Crippen MR) is 98.8 cm³/mol. The standard InChI is InChI=1S/C19H19N.C2H6/c1-4-8-17-15(3)20(16-9-6-5-7-10-16)19-12-11-14(2)13-18(17)19;1-2/h4-13H,1-3H3;1-2H3/b8-4-;. The normalized spacial score (nSPS) is 10.8. The first-order valence-corrected chi connectivity index (χ1v) is 8.02. The summed E-state index contributed by atoms with van der Waals surface area (Å²) in [5.74, 6) is 0. The van der Waals surface area contributed by atoms with E-state index in [4.69, 9.17) is 0 Å². The van der Waals surface area contributed by atoms with Gasteiger partial charge in [-0.3, -0.25) is 0 Å². The first kappa shape index (κ1) is 16.1. The van der Waals surface area contributed by atoms with Gasteiger partial charge < -0.3 is 4.57 Å². The molecule has 2 aromatic carbocycles. The van der Waals surface area contributed by atoms with Gasteiger partial charge in [-0.2, -0.15) is 0 Å². The van der Waals surface area contributed by atoms with Crippen LogP contribution in [0.2, 0.25) is 0 Å². The van der Waals surface area contributed by atoms with Crippen molar-refractivity contribution >= 4 is 17.0 Å². The van der Waals surface area contributed by atoms with Gasteiger partial charge in [0.15, 0.2) is 0 Å². The maximum Gasteiger partial charge on any atom is 0.0537 e. The van der Waals surface area contributed by atoms with E-state index in [1.165, 1.54) is 33.4 Å². The molecule has 3 aromatic rings. The van der Waals surface area contributed by atoms with Crippen molar-refractivity contribution in [2.75, 3.05) is 0 Å². The van der Waals surface area contributed by atoms with Crippen molar-refractivity contribution in [3.63, 3.8) is 0 Å². The fourth-order valence-corrected chi connectivity index (χ4v) is 2.84. The number of hydrogen-bond acceptors (Lipinski definition) is 0. The minimum Gasteiger partial charge on any atom is -0.313 e. The number of hydrogen-bond donors (Lipinski definition) is 0. The molecule has 0 radical (unpaired) electrons. The molecule has 1 heteroatoms. The summed E-state index contributed by atoms with van der Waals surface area (Å²) in [6.07, 6.45) is 4.32. The topological polar surface area (TPSA) is 4.93 Å². The van der Waals surface area contributed by atoms with Gasteiger partial charge in [-0.15, -0.1) is 0 Å². The summed E-state index contributed by atoms with van der Waals surface area (Å²) < 4.78 is 2.34. The smallest absolute Gasteiger partial charge is 0.0537 e. The average Bonchev–Trinajstić information content (AvgIpc) is 2.82. The van der Waals surface area contributed by atoms with Crippen molar-refractivity contribution in [2.45, 2.75) is 34.6 Å². The highest BCUT2D eigenvalue weighted by Gasteiger charge is 2.13. The Kier molecular flexibility index (Phi) is 5.21. The van der Waals surface area contributed by atoms with E-state index in [2.05, 4.69) is 86.0 Å². The van der Waals surface area contributed by atoms with E-state index in [0.29, 0.717) is 0 Å². The molecule has 1 nitrogen and oxygen atoms in total. The molecule has 0 spiro atoms. The lowest BCUT2D eigenvalue weighted by molar-refractivity contribution is 1.05. The minimum absolute atomic E-state index is 1.22. The summed E-state index contributed by atoms with van der Waals surface area (Å²) >= 11 is 0. The summed E-state index contributed by atoms with van der Waals surface area (Å²) in [6, 6.07) is 17.2. The lowest BCUT2D eigenvalue weighted by Gasteiger charge is -2.08. The van der Waals surface area contributed by atoms with E-state index < -0.39 is 0 Å².